The van der Waals surface area contributed by atoms with E-state index in [0.717, 1.165) is 5.31 Å². The second-order valence-corrected chi connectivity index (χ2v) is 4.71. The molecule has 0 amide bonds. The summed E-state index contributed by atoms with van der Waals surface area (Å²) in [7, 11) is -2.97. The van der Waals surface area contributed by atoms with Crippen molar-refractivity contribution >= 4 is 7.60 Å². The van der Waals surface area contributed by atoms with Gasteiger partial charge in [-0.25, -0.2) is 0 Å². The van der Waals surface area contributed by atoms with Gasteiger partial charge in [-0.05, 0) is 20.3 Å². The van der Waals surface area contributed by atoms with Crippen LogP contribution in [0.5, 0.6) is 0 Å². The van der Waals surface area contributed by atoms with E-state index in [4.69, 9.17) is 9.05 Å². The molecule has 0 aromatic rings. The predicted octanol–water partition coefficient (Wildman–Crippen LogP) is 3.10. The summed E-state index contributed by atoms with van der Waals surface area (Å²) in [4.78, 5) is 0. The van der Waals surface area contributed by atoms with Crippen LogP contribution in [0.25, 0.3) is 0 Å². The minimum absolute atomic E-state index is 0.411. The van der Waals surface area contributed by atoms with Crippen molar-refractivity contribution in [3.8, 4) is 0 Å². The normalized spacial score (nSPS) is 16.3. The Hall–Kier alpha value is -0.370. The third kappa shape index (κ3) is 2.53. The Kier molecular flexibility index (Phi) is 3.91. The minimum atomic E-state index is -2.97. The van der Waals surface area contributed by atoms with Gasteiger partial charge in [0.2, 0.25) is 0 Å². The molecule has 0 spiro atoms. The van der Waals surface area contributed by atoms with Crippen molar-refractivity contribution in [1.29, 1.82) is 0 Å². The highest BCUT2D eigenvalue weighted by molar-refractivity contribution is 7.58. The fourth-order valence-corrected chi connectivity index (χ4v) is 2.87. The fourth-order valence-electron chi connectivity index (χ4n) is 1.18. The molecule has 0 atom stereocenters. The molecule has 1 aliphatic carbocycles. The van der Waals surface area contributed by atoms with Gasteiger partial charge in [-0.2, -0.15) is 0 Å². The lowest BCUT2D eigenvalue weighted by atomic mass is 10.5. The van der Waals surface area contributed by atoms with Crippen LogP contribution in [0.15, 0.2) is 23.5 Å². The Labute approximate surface area is 79.0 Å². The molecule has 1 aliphatic rings. The van der Waals surface area contributed by atoms with Crippen LogP contribution in [-0.2, 0) is 13.6 Å². The first-order valence-electron chi connectivity index (χ1n) is 4.48. The first-order valence-corrected chi connectivity index (χ1v) is 6.02. The van der Waals surface area contributed by atoms with Crippen LogP contribution in [0, 0.1) is 0 Å². The average molecular weight is 202 g/mol. The molecule has 4 heteroatoms. The first-order chi connectivity index (χ1) is 6.23. The van der Waals surface area contributed by atoms with E-state index in [0.29, 0.717) is 19.6 Å². The van der Waals surface area contributed by atoms with Gasteiger partial charge in [0.05, 0.1) is 13.2 Å². The molecule has 0 aliphatic heterocycles. The van der Waals surface area contributed by atoms with Crippen molar-refractivity contribution in [3.05, 3.63) is 23.5 Å². The number of hydrogen-bond donors (Lipinski definition) is 0. The lowest BCUT2D eigenvalue weighted by molar-refractivity contribution is 0.226. The maximum absolute atomic E-state index is 12.1. The van der Waals surface area contributed by atoms with E-state index < -0.39 is 7.60 Å². The second-order valence-electron chi connectivity index (χ2n) is 2.62. The molecule has 0 N–H and O–H groups in total. The monoisotopic (exact) mass is 202 g/mol. The molecular formula is C9H15O3P. The first kappa shape index (κ1) is 10.7. The summed E-state index contributed by atoms with van der Waals surface area (Å²) in [5, 5.41) is 0.760. The van der Waals surface area contributed by atoms with Gasteiger partial charge in [0, 0.05) is 5.31 Å². The molecule has 0 aromatic heterocycles. The van der Waals surface area contributed by atoms with Crippen molar-refractivity contribution in [2.24, 2.45) is 0 Å². The van der Waals surface area contributed by atoms with E-state index in [1.54, 1.807) is 0 Å². The summed E-state index contributed by atoms with van der Waals surface area (Å²) in [6, 6.07) is 0. The maximum Gasteiger partial charge on any atom is 0.357 e. The van der Waals surface area contributed by atoms with Gasteiger partial charge < -0.3 is 9.05 Å². The zero-order valence-electron chi connectivity index (χ0n) is 8.03. The zero-order valence-corrected chi connectivity index (χ0v) is 8.92. The molecule has 74 valence electrons. The third-order valence-corrected chi connectivity index (χ3v) is 3.93. The van der Waals surface area contributed by atoms with Crippen molar-refractivity contribution in [1.82, 2.24) is 0 Å². The molecule has 0 saturated heterocycles. The van der Waals surface area contributed by atoms with Crippen LogP contribution >= 0.6 is 7.60 Å². The Morgan fingerprint density at radius 1 is 1.38 bits per heavy atom. The van der Waals surface area contributed by atoms with Gasteiger partial charge in [0.15, 0.2) is 0 Å². The van der Waals surface area contributed by atoms with E-state index in [1.165, 1.54) is 0 Å². The molecule has 1 rings (SSSR count). The number of hydrogen-bond acceptors (Lipinski definition) is 3. The van der Waals surface area contributed by atoms with Crippen molar-refractivity contribution in [2.75, 3.05) is 13.2 Å². The predicted molar refractivity (Wildman–Crippen MR) is 52.7 cm³/mol. The van der Waals surface area contributed by atoms with E-state index >= 15 is 0 Å². The Bertz CT molecular complexity index is 258. The number of allylic oxidation sites excluding steroid dienone is 4. The van der Waals surface area contributed by atoms with Crippen LogP contribution in [0.4, 0.5) is 0 Å². The van der Waals surface area contributed by atoms with E-state index in [1.807, 2.05) is 32.1 Å². The Balaban J connectivity index is 2.72. The SMILES string of the molecule is CCOP(=O)(OCC)C1=CC=CC1. The minimum Gasteiger partial charge on any atom is -0.306 e. The van der Waals surface area contributed by atoms with Crippen LogP contribution in [0.3, 0.4) is 0 Å². The van der Waals surface area contributed by atoms with Crippen LogP contribution in [0.2, 0.25) is 0 Å². The third-order valence-electron chi connectivity index (χ3n) is 1.70. The quantitative estimate of drug-likeness (QED) is 0.642. The highest BCUT2D eigenvalue weighted by Crippen LogP contribution is 2.58. The summed E-state index contributed by atoms with van der Waals surface area (Å²) in [6.07, 6.45) is 6.31. The molecule has 0 radical (unpaired) electrons. The maximum atomic E-state index is 12.1. The summed E-state index contributed by atoms with van der Waals surface area (Å²) in [6.45, 7) is 4.45. The summed E-state index contributed by atoms with van der Waals surface area (Å²) >= 11 is 0. The molecule has 0 aromatic carbocycles. The highest BCUT2D eigenvalue weighted by Gasteiger charge is 2.29. The largest absolute Gasteiger partial charge is 0.357 e. The number of rotatable bonds is 5. The highest BCUT2D eigenvalue weighted by atomic mass is 31.2. The summed E-state index contributed by atoms with van der Waals surface area (Å²) in [5.41, 5.74) is 0. The molecule has 0 unspecified atom stereocenters. The van der Waals surface area contributed by atoms with Gasteiger partial charge >= 0.3 is 7.60 Å². The van der Waals surface area contributed by atoms with Crippen molar-refractivity contribution in [2.45, 2.75) is 20.3 Å². The van der Waals surface area contributed by atoms with Crippen molar-refractivity contribution < 1.29 is 13.6 Å². The second kappa shape index (κ2) is 4.75. The molecule has 0 heterocycles. The summed E-state index contributed by atoms with van der Waals surface area (Å²) in [5.74, 6) is 0. The van der Waals surface area contributed by atoms with E-state index in [2.05, 4.69) is 0 Å². The van der Waals surface area contributed by atoms with Crippen LogP contribution in [-0.4, -0.2) is 13.2 Å². The molecule has 0 saturated carbocycles. The van der Waals surface area contributed by atoms with E-state index in [-0.39, 0.29) is 0 Å². The standard InChI is InChI=1S/C9H15O3P/c1-3-11-13(10,12-4-2)9-7-5-6-8-9/h5-7H,3-4,8H2,1-2H3. The van der Waals surface area contributed by atoms with Gasteiger partial charge in [-0.1, -0.05) is 18.2 Å². The van der Waals surface area contributed by atoms with Crippen LogP contribution in [0.1, 0.15) is 20.3 Å². The average Bonchev–Trinajstić information content (AvgIpc) is 2.57. The lowest BCUT2D eigenvalue weighted by Crippen LogP contribution is -1.97. The smallest absolute Gasteiger partial charge is 0.306 e. The van der Waals surface area contributed by atoms with Gasteiger partial charge in [0.1, 0.15) is 0 Å². The van der Waals surface area contributed by atoms with Gasteiger partial charge in [-0.3, -0.25) is 4.57 Å². The summed E-state index contributed by atoms with van der Waals surface area (Å²) < 4.78 is 22.4. The Morgan fingerprint density at radius 2 is 2.00 bits per heavy atom. The molecule has 0 bridgehead atoms. The Morgan fingerprint density at radius 3 is 2.38 bits per heavy atom. The molecule has 13 heavy (non-hydrogen) atoms. The fraction of sp³-hybridized carbons (Fsp3) is 0.556. The zero-order chi connectivity index (χ0) is 9.73. The van der Waals surface area contributed by atoms with Gasteiger partial charge in [-0.15, -0.1) is 0 Å². The van der Waals surface area contributed by atoms with Crippen molar-refractivity contribution in [3.63, 3.8) is 0 Å². The van der Waals surface area contributed by atoms with Gasteiger partial charge in [0.25, 0.3) is 0 Å². The lowest BCUT2D eigenvalue weighted by Gasteiger charge is -2.17. The van der Waals surface area contributed by atoms with E-state index in [9.17, 15) is 4.57 Å². The van der Waals surface area contributed by atoms with Crippen LogP contribution < -0.4 is 0 Å². The molecule has 0 fully saturated rings. The molecule has 3 nitrogen and oxygen atoms in total. The molecular weight excluding hydrogens is 187 g/mol. The topological polar surface area (TPSA) is 35.5 Å².